The summed E-state index contributed by atoms with van der Waals surface area (Å²) in [6, 6.07) is 6.18. The Balaban J connectivity index is 2.28. The molecule has 0 spiro atoms. The Morgan fingerprint density at radius 1 is 1.32 bits per heavy atom. The summed E-state index contributed by atoms with van der Waals surface area (Å²) in [5.74, 6) is -1.36. The Morgan fingerprint density at radius 3 is 2.63 bits per heavy atom. The molecule has 6 heteroatoms. The van der Waals surface area contributed by atoms with E-state index in [-0.39, 0.29) is 11.5 Å². The van der Waals surface area contributed by atoms with E-state index in [2.05, 4.69) is 10.4 Å². The van der Waals surface area contributed by atoms with Crippen LogP contribution in [-0.4, -0.2) is 26.8 Å². The smallest absolute Gasteiger partial charge is 0.335 e. The monoisotopic (exact) mass is 259 g/mol. The molecule has 2 N–H and O–H groups in total. The number of carbonyl (C=O) groups excluding carboxylic acids is 1. The summed E-state index contributed by atoms with van der Waals surface area (Å²) in [6.07, 6.45) is 1.52. The first kappa shape index (κ1) is 12.8. The standard InChI is InChI=1S/C13H13N3O3/c1-8-3-4-9(13(18)19)7-10(8)15-12(17)11-5-6-14-16(11)2/h3-7H,1-2H3,(H,15,17)(H,18,19). The van der Waals surface area contributed by atoms with Gasteiger partial charge in [0.2, 0.25) is 0 Å². The van der Waals surface area contributed by atoms with Crippen molar-refractivity contribution in [1.29, 1.82) is 0 Å². The minimum Gasteiger partial charge on any atom is -0.478 e. The van der Waals surface area contributed by atoms with Crippen molar-refractivity contribution < 1.29 is 14.7 Å². The molecule has 0 radical (unpaired) electrons. The predicted molar refractivity (Wildman–Crippen MR) is 69.3 cm³/mol. The molecule has 0 aliphatic rings. The van der Waals surface area contributed by atoms with Crippen LogP contribution >= 0.6 is 0 Å². The summed E-state index contributed by atoms with van der Waals surface area (Å²) in [5.41, 5.74) is 1.80. The third kappa shape index (κ3) is 2.62. The van der Waals surface area contributed by atoms with Gasteiger partial charge in [0, 0.05) is 18.9 Å². The molecule has 0 atom stereocenters. The van der Waals surface area contributed by atoms with Crippen LogP contribution in [-0.2, 0) is 7.05 Å². The lowest BCUT2D eigenvalue weighted by molar-refractivity contribution is 0.0696. The number of aryl methyl sites for hydroxylation is 2. The highest BCUT2D eigenvalue weighted by Crippen LogP contribution is 2.18. The zero-order valence-electron chi connectivity index (χ0n) is 10.5. The Bertz CT molecular complexity index is 646. The second kappa shape index (κ2) is 4.93. The van der Waals surface area contributed by atoms with E-state index >= 15 is 0 Å². The lowest BCUT2D eigenvalue weighted by Gasteiger charge is -2.09. The summed E-state index contributed by atoms with van der Waals surface area (Å²) >= 11 is 0. The predicted octanol–water partition coefficient (Wildman–Crippen LogP) is 1.68. The van der Waals surface area contributed by atoms with Gasteiger partial charge in [-0.1, -0.05) is 6.07 Å². The first-order valence-electron chi connectivity index (χ1n) is 5.62. The second-order valence-electron chi connectivity index (χ2n) is 4.13. The third-order valence-electron chi connectivity index (χ3n) is 2.79. The van der Waals surface area contributed by atoms with Gasteiger partial charge in [-0.3, -0.25) is 9.48 Å². The number of nitrogens with one attached hydrogen (secondary N) is 1. The van der Waals surface area contributed by atoms with E-state index in [1.807, 2.05) is 0 Å². The number of aromatic nitrogens is 2. The number of rotatable bonds is 3. The van der Waals surface area contributed by atoms with Gasteiger partial charge < -0.3 is 10.4 Å². The van der Waals surface area contributed by atoms with Crippen molar-refractivity contribution in [3.05, 3.63) is 47.3 Å². The van der Waals surface area contributed by atoms with E-state index in [9.17, 15) is 9.59 Å². The molecule has 0 bridgehead atoms. The number of amides is 1. The maximum atomic E-state index is 12.0. The molecule has 98 valence electrons. The molecule has 2 rings (SSSR count). The molecule has 0 saturated carbocycles. The van der Waals surface area contributed by atoms with Gasteiger partial charge in [-0.15, -0.1) is 0 Å². The molecule has 0 aliphatic carbocycles. The first-order valence-corrected chi connectivity index (χ1v) is 5.62. The van der Waals surface area contributed by atoms with E-state index in [0.29, 0.717) is 11.4 Å². The van der Waals surface area contributed by atoms with E-state index in [1.165, 1.54) is 23.0 Å². The Hall–Kier alpha value is -2.63. The van der Waals surface area contributed by atoms with Crippen LogP contribution < -0.4 is 5.32 Å². The van der Waals surface area contributed by atoms with Crippen molar-refractivity contribution in [2.75, 3.05) is 5.32 Å². The molecule has 1 aromatic heterocycles. The maximum Gasteiger partial charge on any atom is 0.335 e. The normalized spacial score (nSPS) is 10.2. The molecule has 1 heterocycles. The van der Waals surface area contributed by atoms with Crippen molar-refractivity contribution in [3.63, 3.8) is 0 Å². The molecule has 1 amide bonds. The minimum absolute atomic E-state index is 0.130. The van der Waals surface area contributed by atoms with Crippen molar-refractivity contribution in [1.82, 2.24) is 9.78 Å². The van der Waals surface area contributed by atoms with Gasteiger partial charge >= 0.3 is 5.97 Å². The number of hydrogen-bond donors (Lipinski definition) is 2. The molecule has 19 heavy (non-hydrogen) atoms. The minimum atomic E-state index is -1.03. The van der Waals surface area contributed by atoms with Gasteiger partial charge in [0.25, 0.3) is 5.91 Å². The highest BCUT2D eigenvalue weighted by atomic mass is 16.4. The molecule has 6 nitrogen and oxygen atoms in total. The molecule has 0 aliphatic heterocycles. The molecule has 2 aromatic rings. The van der Waals surface area contributed by atoms with Crippen LogP contribution in [0.3, 0.4) is 0 Å². The number of nitrogens with zero attached hydrogens (tertiary/aromatic N) is 2. The molecular formula is C13H13N3O3. The maximum absolute atomic E-state index is 12.0. The summed E-state index contributed by atoms with van der Waals surface area (Å²) < 4.78 is 1.45. The second-order valence-corrected chi connectivity index (χ2v) is 4.13. The zero-order valence-corrected chi connectivity index (χ0v) is 10.5. The molecule has 0 unspecified atom stereocenters. The van der Waals surface area contributed by atoms with Crippen molar-refractivity contribution >= 4 is 17.6 Å². The van der Waals surface area contributed by atoms with Crippen molar-refractivity contribution in [2.45, 2.75) is 6.92 Å². The highest BCUT2D eigenvalue weighted by molar-refractivity contribution is 6.04. The van der Waals surface area contributed by atoms with Crippen LogP contribution in [0.1, 0.15) is 26.4 Å². The SMILES string of the molecule is Cc1ccc(C(=O)O)cc1NC(=O)c1ccnn1C. The lowest BCUT2D eigenvalue weighted by atomic mass is 10.1. The zero-order chi connectivity index (χ0) is 14.0. The average Bonchev–Trinajstić information content (AvgIpc) is 2.78. The van der Waals surface area contributed by atoms with Crippen LogP contribution in [0.5, 0.6) is 0 Å². The Morgan fingerprint density at radius 2 is 2.05 bits per heavy atom. The van der Waals surface area contributed by atoms with Gasteiger partial charge in [-0.25, -0.2) is 4.79 Å². The summed E-state index contributed by atoms with van der Waals surface area (Å²) in [7, 11) is 1.66. The molecule has 1 aromatic carbocycles. The first-order chi connectivity index (χ1) is 8.99. The largest absolute Gasteiger partial charge is 0.478 e. The van der Waals surface area contributed by atoms with Crippen LogP contribution in [0, 0.1) is 6.92 Å². The van der Waals surface area contributed by atoms with Crippen molar-refractivity contribution in [3.8, 4) is 0 Å². The number of carbonyl (C=O) groups is 2. The fraction of sp³-hybridized carbons (Fsp3) is 0.154. The van der Waals surface area contributed by atoms with E-state index in [1.54, 1.807) is 26.1 Å². The number of carboxylic acid groups (broad SMARTS) is 1. The van der Waals surface area contributed by atoms with Crippen LogP contribution in [0.2, 0.25) is 0 Å². The third-order valence-corrected chi connectivity index (χ3v) is 2.79. The molecule has 0 saturated heterocycles. The number of aromatic carboxylic acids is 1. The topological polar surface area (TPSA) is 84.2 Å². The Labute approximate surface area is 109 Å². The fourth-order valence-corrected chi connectivity index (χ4v) is 1.67. The fourth-order valence-electron chi connectivity index (χ4n) is 1.67. The quantitative estimate of drug-likeness (QED) is 0.878. The van der Waals surface area contributed by atoms with Crippen LogP contribution in [0.25, 0.3) is 0 Å². The summed E-state index contributed by atoms with van der Waals surface area (Å²) in [6.45, 7) is 1.80. The van der Waals surface area contributed by atoms with E-state index in [0.717, 1.165) is 5.56 Å². The van der Waals surface area contributed by atoms with Crippen LogP contribution in [0.4, 0.5) is 5.69 Å². The lowest BCUT2D eigenvalue weighted by Crippen LogP contribution is -2.17. The number of anilines is 1. The number of carboxylic acids is 1. The number of hydrogen-bond acceptors (Lipinski definition) is 3. The van der Waals surface area contributed by atoms with E-state index in [4.69, 9.17) is 5.11 Å². The average molecular weight is 259 g/mol. The Kier molecular flexibility index (Phi) is 3.33. The molecule has 0 fully saturated rings. The van der Waals surface area contributed by atoms with Gasteiger partial charge in [0.15, 0.2) is 0 Å². The van der Waals surface area contributed by atoms with Crippen LogP contribution in [0.15, 0.2) is 30.5 Å². The number of benzene rings is 1. The van der Waals surface area contributed by atoms with Crippen molar-refractivity contribution in [2.24, 2.45) is 7.05 Å². The van der Waals surface area contributed by atoms with Gasteiger partial charge in [0.1, 0.15) is 5.69 Å². The van der Waals surface area contributed by atoms with E-state index < -0.39 is 5.97 Å². The highest BCUT2D eigenvalue weighted by Gasteiger charge is 2.12. The molecular weight excluding hydrogens is 246 g/mol. The van der Waals surface area contributed by atoms with Gasteiger partial charge in [0.05, 0.1) is 5.56 Å². The summed E-state index contributed by atoms with van der Waals surface area (Å²) in [4.78, 5) is 22.9. The summed E-state index contributed by atoms with van der Waals surface area (Å²) in [5, 5.41) is 15.5. The van der Waals surface area contributed by atoms with Gasteiger partial charge in [-0.2, -0.15) is 5.10 Å². The van der Waals surface area contributed by atoms with Gasteiger partial charge in [-0.05, 0) is 30.7 Å².